The molecule has 0 amide bonds. The van der Waals surface area contributed by atoms with E-state index in [1.165, 1.54) is 17.8 Å². The molecule has 0 radical (unpaired) electrons. The molecule has 0 aliphatic rings. The second-order valence-electron chi connectivity index (χ2n) is 3.65. The van der Waals surface area contributed by atoms with Gasteiger partial charge in [-0.25, -0.2) is 0 Å². The number of hydrogen-bond acceptors (Lipinski definition) is 4. The van der Waals surface area contributed by atoms with E-state index in [1.54, 1.807) is 30.3 Å². The van der Waals surface area contributed by atoms with Gasteiger partial charge in [-0.1, -0.05) is 35.0 Å². The molecular weight excluding hydrogens is 307 g/mol. The first-order valence-corrected chi connectivity index (χ1v) is 6.71. The number of anilines is 1. The summed E-state index contributed by atoms with van der Waals surface area (Å²) in [6.07, 6.45) is 0. The van der Waals surface area contributed by atoms with Gasteiger partial charge in [-0.05, 0) is 30.3 Å². The van der Waals surface area contributed by atoms with Crippen LogP contribution in [0.1, 0.15) is 0 Å². The summed E-state index contributed by atoms with van der Waals surface area (Å²) >= 11 is 13.0. The van der Waals surface area contributed by atoms with Gasteiger partial charge in [0.05, 0.1) is 4.92 Å². The van der Waals surface area contributed by atoms with Crippen molar-refractivity contribution < 1.29 is 4.92 Å². The van der Waals surface area contributed by atoms with Gasteiger partial charge in [0.25, 0.3) is 5.69 Å². The molecule has 2 N–H and O–H groups in total. The zero-order valence-corrected chi connectivity index (χ0v) is 11.8. The molecule has 7 heteroatoms. The molecule has 0 atom stereocenters. The summed E-state index contributed by atoms with van der Waals surface area (Å²) in [7, 11) is 0. The first-order valence-electron chi connectivity index (χ1n) is 5.14. The topological polar surface area (TPSA) is 69.2 Å². The van der Waals surface area contributed by atoms with Crippen LogP contribution in [-0.2, 0) is 0 Å². The molecule has 0 aliphatic heterocycles. The first kappa shape index (κ1) is 14.0. The second-order valence-corrected chi connectivity index (χ2v) is 5.64. The lowest BCUT2D eigenvalue weighted by Gasteiger charge is -2.07. The van der Waals surface area contributed by atoms with Gasteiger partial charge >= 0.3 is 0 Å². The maximum Gasteiger partial charge on any atom is 0.294 e. The van der Waals surface area contributed by atoms with E-state index in [0.717, 1.165) is 4.90 Å². The van der Waals surface area contributed by atoms with E-state index in [9.17, 15) is 10.1 Å². The van der Waals surface area contributed by atoms with Gasteiger partial charge in [0, 0.05) is 25.9 Å². The molecule has 19 heavy (non-hydrogen) atoms. The minimum Gasteiger partial charge on any atom is -0.392 e. The highest BCUT2D eigenvalue weighted by molar-refractivity contribution is 7.99. The third-order valence-corrected chi connectivity index (χ3v) is 3.86. The normalized spacial score (nSPS) is 10.4. The Hall–Kier alpha value is -1.43. The van der Waals surface area contributed by atoms with E-state index < -0.39 is 4.92 Å². The van der Waals surface area contributed by atoms with Crippen LogP contribution in [0.15, 0.2) is 46.2 Å². The van der Waals surface area contributed by atoms with Crippen LogP contribution in [0.3, 0.4) is 0 Å². The second kappa shape index (κ2) is 5.69. The highest BCUT2D eigenvalue weighted by atomic mass is 35.5. The monoisotopic (exact) mass is 314 g/mol. The van der Waals surface area contributed by atoms with Crippen molar-refractivity contribution in [1.82, 2.24) is 0 Å². The molecule has 0 heterocycles. The van der Waals surface area contributed by atoms with Gasteiger partial charge in [0.2, 0.25) is 0 Å². The fourth-order valence-electron chi connectivity index (χ4n) is 1.44. The number of rotatable bonds is 3. The average molecular weight is 315 g/mol. The van der Waals surface area contributed by atoms with Gasteiger partial charge in [-0.2, -0.15) is 0 Å². The Morgan fingerprint density at radius 2 is 1.74 bits per heavy atom. The van der Waals surface area contributed by atoms with Crippen molar-refractivity contribution >= 4 is 46.3 Å². The predicted molar refractivity (Wildman–Crippen MR) is 78.1 cm³/mol. The maximum absolute atomic E-state index is 10.9. The van der Waals surface area contributed by atoms with E-state index in [2.05, 4.69) is 0 Å². The van der Waals surface area contributed by atoms with E-state index in [0.29, 0.717) is 9.92 Å². The van der Waals surface area contributed by atoms with Crippen molar-refractivity contribution in [3.8, 4) is 0 Å². The summed E-state index contributed by atoms with van der Waals surface area (Å²) in [5, 5.41) is 11.8. The Bertz CT molecular complexity index is 632. The van der Waals surface area contributed by atoms with E-state index >= 15 is 0 Å². The number of halogens is 2. The lowest BCUT2D eigenvalue weighted by molar-refractivity contribution is -0.384. The molecule has 2 aromatic carbocycles. The third-order valence-electron chi connectivity index (χ3n) is 2.32. The summed E-state index contributed by atoms with van der Waals surface area (Å²) < 4.78 is 0. The SMILES string of the molecule is Nc1c(Sc2ccc(Cl)cc2)cc(Cl)cc1[N+](=O)[O-]. The molecule has 2 aromatic rings. The number of hydrogen-bond donors (Lipinski definition) is 1. The Kier molecular flexibility index (Phi) is 4.19. The fourth-order valence-corrected chi connectivity index (χ4v) is 2.77. The minimum absolute atomic E-state index is 0.106. The number of nitro groups is 1. The summed E-state index contributed by atoms with van der Waals surface area (Å²) in [6, 6.07) is 9.92. The quantitative estimate of drug-likeness (QED) is 0.509. The van der Waals surface area contributed by atoms with Gasteiger partial charge in [-0.15, -0.1) is 0 Å². The molecule has 0 aromatic heterocycles. The lowest BCUT2D eigenvalue weighted by Crippen LogP contribution is -1.97. The Morgan fingerprint density at radius 1 is 1.11 bits per heavy atom. The van der Waals surface area contributed by atoms with Gasteiger partial charge < -0.3 is 5.73 Å². The van der Waals surface area contributed by atoms with E-state index in [4.69, 9.17) is 28.9 Å². The molecule has 0 spiro atoms. The van der Waals surface area contributed by atoms with Crippen LogP contribution >= 0.6 is 35.0 Å². The van der Waals surface area contributed by atoms with Crippen LogP contribution in [0.25, 0.3) is 0 Å². The lowest BCUT2D eigenvalue weighted by atomic mass is 10.3. The van der Waals surface area contributed by atoms with Crippen LogP contribution in [-0.4, -0.2) is 4.92 Å². The number of nitrogens with zero attached hydrogens (tertiary/aromatic N) is 1. The zero-order valence-electron chi connectivity index (χ0n) is 9.47. The maximum atomic E-state index is 10.9. The third kappa shape index (κ3) is 3.32. The number of benzene rings is 2. The summed E-state index contributed by atoms with van der Waals surface area (Å²) in [5.41, 5.74) is 5.70. The van der Waals surface area contributed by atoms with Crippen LogP contribution < -0.4 is 5.73 Å². The first-order chi connectivity index (χ1) is 8.97. The number of nitrogens with two attached hydrogens (primary N) is 1. The summed E-state index contributed by atoms with van der Waals surface area (Å²) in [5.74, 6) is 0. The van der Waals surface area contributed by atoms with Crippen LogP contribution in [0.2, 0.25) is 10.0 Å². The molecular formula is C12H8Cl2N2O2S. The average Bonchev–Trinajstić information content (AvgIpc) is 2.35. The molecule has 0 unspecified atom stereocenters. The van der Waals surface area contributed by atoms with Crippen molar-refractivity contribution in [2.45, 2.75) is 9.79 Å². The molecule has 98 valence electrons. The van der Waals surface area contributed by atoms with Crippen LogP contribution in [0.4, 0.5) is 11.4 Å². The highest BCUT2D eigenvalue weighted by Gasteiger charge is 2.17. The summed E-state index contributed by atoms with van der Waals surface area (Å²) in [6.45, 7) is 0. The predicted octanol–water partition coefficient (Wildman–Crippen LogP) is 4.64. The van der Waals surface area contributed by atoms with Crippen molar-refractivity contribution in [1.29, 1.82) is 0 Å². The molecule has 0 saturated heterocycles. The number of nitro benzene ring substituents is 1. The fraction of sp³-hybridized carbons (Fsp3) is 0. The van der Waals surface area contributed by atoms with Crippen molar-refractivity contribution in [3.05, 3.63) is 56.6 Å². The van der Waals surface area contributed by atoms with Gasteiger partial charge in [0.1, 0.15) is 5.69 Å². The Labute approximate surface area is 123 Å². The van der Waals surface area contributed by atoms with Gasteiger partial charge in [-0.3, -0.25) is 10.1 Å². The van der Waals surface area contributed by atoms with Gasteiger partial charge in [0.15, 0.2) is 0 Å². The smallest absolute Gasteiger partial charge is 0.294 e. The van der Waals surface area contributed by atoms with E-state index in [-0.39, 0.29) is 16.4 Å². The molecule has 2 rings (SSSR count). The van der Waals surface area contributed by atoms with E-state index in [1.807, 2.05) is 0 Å². The Balaban J connectivity index is 2.39. The molecule has 0 bridgehead atoms. The van der Waals surface area contributed by atoms with Crippen LogP contribution in [0.5, 0.6) is 0 Å². The van der Waals surface area contributed by atoms with Crippen molar-refractivity contribution in [2.24, 2.45) is 0 Å². The van der Waals surface area contributed by atoms with Crippen LogP contribution in [0, 0.1) is 10.1 Å². The zero-order chi connectivity index (χ0) is 14.0. The van der Waals surface area contributed by atoms with Crippen molar-refractivity contribution in [2.75, 3.05) is 5.73 Å². The molecule has 0 aliphatic carbocycles. The molecule has 4 nitrogen and oxygen atoms in total. The van der Waals surface area contributed by atoms with Crippen molar-refractivity contribution in [3.63, 3.8) is 0 Å². The minimum atomic E-state index is -0.548. The summed E-state index contributed by atoms with van der Waals surface area (Å²) in [4.78, 5) is 11.7. The molecule has 0 fully saturated rings. The Morgan fingerprint density at radius 3 is 2.32 bits per heavy atom. The highest BCUT2D eigenvalue weighted by Crippen LogP contribution is 2.39. The standard InChI is InChI=1S/C12H8Cl2N2O2S/c13-7-1-3-9(4-2-7)19-11-6-8(14)5-10(12(11)15)16(17)18/h1-6H,15H2. The molecule has 0 saturated carbocycles. The number of nitrogen functional groups attached to an aromatic ring is 1. The largest absolute Gasteiger partial charge is 0.392 e.